The minimum atomic E-state index is 0.577. The van der Waals surface area contributed by atoms with Crippen LogP contribution in [0.5, 0.6) is 5.75 Å². The average Bonchev–Trinajstić information content (AvgIpc) is 2.78. The summed E-state index contributed by atoms with van der Waals surface area (Å²) in [6, 6.07) is 4.28. The van der Waals surface area contributed by atoms with Crippen molar-refractivity contribution in [3.05, 3.63) is 12.1 Å². The molecule has 0 amide bonds. The molecule has 0 aromatic heterocycles. The first-order chi connectivity index (χ1) is 8.52. The molecule has 4 N–H and O–H groups in total. The van der Waals surface area contributed by atoms with E-state index in [4.69, 9.17) is 16.2 Å². The maximum Gasteiger partial charge on any atom is 0.143 e. The summed E-state index contributed by atoms with van der Waals surface area (Å²) in [6.07, 6.45) is 1.15. The molecule has 0 spiro atoms. The normalized spacial score (nSPS) is 19.6. The van der Waals surface area contributed by atoms with E-state index in [1.54, 1.807) is 13.2 Å². The summed E-state index contributed by atoms with van der Waals surface area (Å²) in [4.78, 5) is 4.55. The predicted molar refractivity (Wildman–Crippen MR) is 76.1 cm³/mol. The zero-order chi connectivity index (χ0) is 13.3. The van der Waals surface area contributed by atoms with Crippen molar-refractivity contribution in [3.63, 3.8) is 0 Å². The van der Waals surface area contributed by atoms with Gasteiger partial charge in [0, 0.05) is 25.2 Å². The SMILES string of the molecule is COc1cc(N2CCC(N(C)C)C2)c(N)cc1N. The second-order valence-electron chi connectivity index (χ2n) is 5.01. The Morgan fingerprint density at radius 3 is 2.56 bits per heavy atom. The Kier molecular flexibility index (Phi) is 3.52. The first-order valence-electron chi connectivity index (χ1n) is 6.17. The fourth-order valence-electron chi connectivity index (χ4n) is 2.44. The van der Waals surface area contributed by atoms with Gasteiger partial charge >= 0.3 is 0 Å². The highest BCUT2D eigenvalue weighted by molar-refractivity contribution is 5.76. The lowest BCUT2D eigenvalue weighted by atomic mass is 10.2. The first kappa shape index (κ1) is 12.8. The molecule has 1 fully saturated rings. The summed E-state index contributed by atoms with van der Waals surface area (Å²) < 4.78 is 5.26. The lowest BCUT2D eigenvalue weighted by Gasteiger charge is -2.23. The molecule has 100 valence electrons. The van der Waals surface area contributed by atoms with Gasteiger partial charge in [-0.2, -0.15) is 0 Å². The number of methoxy groups -OCH3 is 1. The van der Waals surface area contributed by atoms with Crippen LogP contribution in [0.25, 0.3) is 0 Å². The third-order valence-corrected chi connectivity index (χ3v) is 3.61. The van der Waals surface area contributed by atoms with Crippen LogP contribution in [0.4, 0.5) is 17.1 Å². The molecule has 0 radical (unpaired) electrons. The Morgan fingerprint density at radius 1 is 1.28 bits per heavy atom. The van der Waals surface area contributed by atoms with Crippen LogP contribution in [0.3, 0.4) is 0 Å². The second-order valence-corrected chi connectivity index (χ2v) is 5.01. The highest BCUT2D eigenvalue weighted by atomic mass is 16.5. The van der Waals surface area contributed by atoms with E-state index < -0.39 is 0 Å². The molecule has 5 heteroatoms. The van der Waals surface area contributed by atoms with Crippen LogP contribution >= 0.6 is 0 Å². The number of hydrogen-bond acceptors (Lipinski definition) is 5. The van der Waals surface area contributed by atoms with Gasteiger partial charge in [-0.15, -0.1) is 0 Å². The zero-order valence-electron chi connectivity index (χ0n) is 11.3. The smallest absolute Gasteiger partial charge is 0.143 e. The summed E-state index contributed by atoms with van der Waals surface area (Å²) in [7, 11) is 5.85. The van der Waals surface area contributed by atoms with E-state index in [0.29, 0.717) is 23.2 Å². The Morgan fingerprint density at radius 2 is 2.00 bits per heavy atom. The van der Waals surface area contributed by atoms with Crippen molar-refractivity contribution in [2.45, 2.75) is 12.5 Å². The van der Waals surface area contributed by atoms with Gasteiger partial charge in [0.15, 0.2) is 0 Å². The second kappa shape index (κ2) is 4.94. The van der Waals surface area contributed by atoms with Crippen LogP contribution in [0.15, 0.2) is 12.1 Å². The van der Waals surface area contributed by atoms with Crippen molar-refractivity contribution in [1.29, 1.82) is 0 Å². The summed E-state index contributed by atoms with van der Waals surface area (Å²) in [5.74, 6) is 0.688. The van der Waals surface area contributed by atoms with Crippen LogP contribution in [-0.4, -0.2) is 45.2 Å². The number of rotatable bonds is 3. The number of ether oxygens (including phenoxy) is 1. The predicted octanol–water partition coefficient (Wildman–Crippen LogP) is 1.000. The number of benzene rings is 1. The van der Waals surface area contributed by atoms with Gasteiger partial charge < -0.3 is 26.0 Å². The maximum atomic E-state index is 6.06. The molecule has 1 atom stereocenters. The van der Waals surface area contributed by atoms with Crippen LogP contribution in [0.1, 0.15) is 6.42 Å². The topological polar surface area (TPSA) is 67.8 Å². The van der Waals surface area contributed by atoms with E-state index in [0.717, 1.165) is 25.2 Å². The van der Waals surface area contributed by atoms with Gasteiger partial charge in [-0.25, -0.2) is 0 Å². The van der Waals surface area contributed by atoms with Crippen LogP contribution in [0.2, 0.25) is 0 Å². The van der Waals surface area contributed by atoms with Crippen molar-refractivity contribution in [1.82, 2.24) is 4.90 Å². The molecular weight excluding hydrogens is 228 g/mol. The Balaban J connectivity index is 2.24. The molecule has 1 aliphatic heterocycles. The zero-order valence-corrected chi connectivity index (χ0v) is 11.3. The number of nitrogens with two attached hydrogens (primary N) is 2. The van der Waals surface area contributed by atoms with E-state index in [2.05, 4.69) is 23.9 Å². The molecule has 2 rings (SSSR count). The molecule has 0 aliphatic carbocycles. The highest BCUT2D eigenvalue weighted by Crippen LogP contribution is 2.35. The molecule has 1 heterocycles. The van der Waals surface area contributed by atoms with E-state index in [1.165, 1.54) is 0 Å². The molecule has 5 nitrogen and oxygen atoms in total. The summed E-state index contributed by atoms with van der Waals surface area (Å²) in [5, 5.41) is 0. The fourth-order valence-corrected chi connectivity index (χ4v) is 2.44. The lowest BCUT2D eigenvalue weighted by Crippen LogP contribution is -2.31. The van der Waals surface area contributed by atoms with Crippen LogP contribution in [-0.2, 0) is 0 Å². The van der Waals surface area contributed by atoms with E-state index >= 15 is 0 Å². The molecule has 1 aromatic carbocycles. The van der Waals surface area contributed by atoms with Crippen molar-refractivity contribution in [2.24, 2.45) is 0 Å². The summed E-state index contributed by atoms with van der Waals surface area (Å²) >= 11 is 0. The van der Waals surface area contributed by atoms with Gasteiger partial charge in [-0.3, -0.25) is 0 Å². The van der Waals surface area contributed by atoms with Crippen molar-refractivity contribution >= 4 is 17.1 Å². The molecule has 1 aliphatic rings. The van der Waals surface area contributed by atoms with Gasteiger partial charge in [0.1, 0.15) is 5.75 Å². The quantitative estimate of drug-likeness (QED) is 0.783. The van der Waals surface area contributed by atoms with Crippen LogP contribution < -0.4 is 21.1 Å². The number of nitrogen functional groups attached to an aromatic ring is 2. The van der Waals surface area contributed by atoms with Crippen molar-refractivity contribution < 1.29 is 4.74 Å². The van der Waals surface area contributed by atoms with E-state index in [9.17, 15) is 0 Å². The number of nitrogens with zero attached hydrogens (tertiary/aromatic N) is 2. The fraction of sp³-hybridized carbons (Fsp3) is 0.538. The Labute approximate surface area is 108 Å². The molecule has 1 aromatic rings. The van der Waals surface area contributed by atoms with E-state index in [-0.39, 0.29) is 0 Å². The largest absolute Gasteiger partial charge is 0.495 e. The molecular formula is C13H22N4O. The molecule has 1 saturated heterocycles. The number of likely N-dealkylation sites (N-methyl/N-ethyl adjacent to an activating group) is 1. The molecule has 0 bridgehead atoms. The summed E-state index contributed by atoms with van der Waals surface area (Å²) in [5.41, 5.74) is 14.2. The van der Waals surface area contributed by atoms with Gasteiger partial charge in [-0.05, 0) is 26.6 Å². The first-order valence-corrected chi connectivity index (χ1v) is 6.17. The van der Waals surface area contributed by atoms with Crippen molar-refractivity contribution in [2.75, 3.05) is 50.7 Å². The minimum Gasteiger partial charge on any atom is -0.495 e. The lowest BCUT2D eigenvalue weighted by molar-refractivity contribution is 0.315. The standard InChI is InChI=1S/C13H22N4O/c1-16(2)9-4-5-17(8-9)12-7-13(18-3)11(15)6-10(12)14/h6-7,9H,4-5,8,14-15H2,1-3H3. The number of hydrogen-bond donors (Lipinski definition) is 2. The van der Waals surface area contributed by atoms with Gasteiger partial charge in [-0.1, -0.05) is 0 Å². The number of anilines is 3. The van der Waals surface area contributed by atoms with Crippen molar-refractivity contribution in [3.8, 4) is 5.75 Å². The minimum absolute atomic E-state index is 0.577. The molecule has 1 unspecified atom stereocenters. The molecule has 0 saturated carbocycles. The van der Waals surface area contributed by atoms with E-state index in [1.807, 2.05) is 6.07 Å². The van der Waals surface area contributed by atoms with Gasteiger partial charge in [0.2, 0.25) is 0 Å². The molecule has 18 heavy (non-hydrogen) atoms. The Hall–Kier alpha value is -1.62. The summed E-state index contributed by atoms with van der Waals surface area (Å²) in [6.45, 7) is 2.00. The third kappa shape index (κ3) is 2.31. The monoisotopic (exact) mass is 250 g/mol. The van der Waals surface area contributed by atoms with Gasteiger partial charge in [0.05, 0.1) is 24.2 Å². The highest BCUT2D eigenvalue weighted by Gasteiger charge is 2.25. The van der Waals surface area contributed by atoms with Crippen LogP contribution in [0, 0.1) is 0 Å². The third-order valence-electron chi connectivity index (χ3n) is 3.61. The average molecular weight is 250 g/mol. The maximum absolute atomic E-state index is 6.06. The Bertz CT molecular complexity index is 433. The van der Waals surface area contributed by atoms with Gasteiger partial charge in [0.25, 0.3) is 0 Å².